The van der Waals surface area contributed by atoms with Crippen molar-refractivity contribution < 1.29 is 9.18 Å². The Morgan fingerprint density at radius 2 is 2.23 bits per heavy atom. The van der Waals surface area contributed by atoms with Crippen LogP contribution in [0.5, 0.6) is 0 Å². The van der Waals surface area contributed by atoms with Crippen molar-refractivity contribution in [2.24, 2.45) is 7.05 Å². The van der Waals surface area contributed by atoms with Gasteiger partial charge in [0.05, 0.1) is 17.3 Å². The van der Waals surface area contributed by atoms with Crippen LogP contribution in [0.15, 0.2) is 30.6 Å². The molecule has 1 unspecified atom stereocenters. The highest BCUT2D eigenvalue weighted by Crippen LogP contribution is 2.23. The van der Waals surface area contributed by atoms with Crippen molar-refractivity contribution in [3.63, 3.8) is 0 Å². The van der Waals surface area contributed by atoms with E-state index in [-0.39, 0.29) is 17.0 Å². The molecule has 22 heavy (non-hydrogen) atoms. The van der Waals surface area contributed by atoms with E-state index in [2.05, 4.69) is 15.4 Å². The summed E-state index contributed by atoms with van der Waals surface area (Å²) in [6.45, 7) is 1.87. The van der Waals surface area contributed by atoms with Gasteiger partial charge >= 0.3 is 0 Å². The topological polar surface area (TPSA) is 62.7 Å². The highest BCUT2D eigenvalue weighted by molar-refractivity contribution is 6.31. The lowest BCUT2D eigenvalue weighted by molar-refractivity contribution is 0.0935. The van der Waals surface area contributed by atoms with Crippen molar-refractivity contribution in [3.05, 3.63) is 52.7 Å². The van der Waals surface area contributed by atoms with Crippen molar-refractivity contribution in [1.82, 2.24) is 20.1 Å². The number of aromatic amines is 1. The molecule has 0 aliphatic heterocycles. The summed E-state index contributed by atoms with van der Waals surface area (Å²) in [4.78, 5) is 15.2. The summed E-state index contributed by atoms with van der Waals surface area (Å²) in [5.41, 5.74) is 1.79. The molecule has 2 N–H and O–H groups in total. The van der Waals surface area contributed by atoms with Crippen LogP contribution in [0, 0.1) is 5.82 Å². The largest absolute Gasteiger partial charge is 0.350 e. The third-order valence-corrected chi connectivity index (χ3v) is 3.77. The lowest BCUT2D eigenvalue weighted by Crippen LogP contribution is -2.26. The molecule has 0 radical (unpaired) electrons. The van der Waals surface area contributed by atoms with Crippen molar-refractivity contribution in [1.29, 1.82) is 0 Å². The predicted octanol–water partition coefficient (Wildman–Crippen LogP) is 3.18. The second-order valence-corrected chi connectivity index (χ2v) is 5.59. The fourth-order valence-electron chi connectivity index (χ4n) is 2.27. The summed E-state index contributed by atoms with van der Waals surface area (Å²) in [5.74, 6) is -0.796. The second kappa shape index (κ2) is 5.46. The molecule has 1 amide bonds. The number of fused-ring (bicyclic) bond motifs is 1. The number of amides is 1. The Labute approximate surface area is 131 Å². The molecule has 3 rings (SSSR count). The number of hydrogen-bond acceptors (Lipinski definition) is 2. The molecule has 1 aromatic carbocycles. The lowest BCUT2D eigenvalue weighted by Gasteiger charge is -2.10. The molecule has 0 aliphatic carbocycles. The number of carbonyl (C=O) groups is 1. The van der Waals surface area contributed by atoms with Crippen LogP contribution in [-0.2, 0) is 7.05 Å². The average molecular weight is 321 g/mol. The van der Waals surface area contributed by atoms with Gasteiger partial charge in [-0.3, -0.25) is 9.48 Å². The summed E-state index contributed by atoms with van der Waals surface area (Å²) in [6.07, 6.45) is 3.54. The molecule has 2 heterocycles. The number of rotatable bonds is 3. The highest BCUT2D eigenvalue weighted by Gasteiger charge is 2.15. The third-order valence-electron chi connectivity index (χ3n) is 3.48. The van der Waals surface area contributed by atoms with Gasteiger partial charge in [0.1, 0.15) is 11.5 Å². The smallest absolute Gasteiger partial charge is 0.268 e. The van der Waals surface area contributed by atoms with E-state index in [1.54, 1.807) is 16.9 Å². The van der Waals surface area contributed by atoms with Gasteiger partial charge in [-0.1, -0.05) is 11.6 Å². The van der Waals surface area contributed by atoms with Crippen LogP contribution in [-0.4, -0.2) is 20.7 Å². The van der Waals surface area contributed by atoms with Gasteiger partial charge in [-0.2, -0.15) is 5.10 Å². The lowest BCUT2D eigenvalue weighted by atomic mass is 10.2. The maximum atomic E-state index is 13.4. The van der Waals surface area contributed by atoms with Gasteiger partial charge in [-0.25, -0.2) is 4.39 Å². The second-order valence-electron chi connectivity index (χ2n) is 5.18. The molecular formula is C15H14ClFN4O. The van der Waals surface area contributed by atoms with Crippen LogP contribution in [0.3, 0.4) is 0 Å². The standard InChI is InChI=1S/C15H14ClFN4O/c1-8(10-6-18-21(2)7-10)19-15(22)14-4-9-3-11(16)12(17)5-13(9)20-14/h3-8,20H,1-2H3,(H,19,22). The van der Waals surface area contributed by atoms with E-state index >= 15 is 0 Å². The molecule has 1 atom stereocenters. The first-order valence-corrected chi connectivity index (χ1v) is 7.09. The zero-order valence-corrected chi connectivity index (χ0v) is 12.8. The molecule has 0 bridgehead atoms. The zero-order chi connectivity index (χ0) is 15.9. The summed E-state index contributed by atoms with van der Waals surface area (Å²) < 4.78 is 15.1. The van der Waals surface area contributed by atoms with Gasteiger partial charge in [-0.05, 0) is 25.1 Å². The fraction of sp³-hybridized carbons (Fsp3) is 0.200. The summed E-state index contributed by atoms with van der Waals surface area (Å²) in [5, 5.41) is 7.65. The number of hydrogen-bond donors (Lipinski definition) is 2. The van der Waals surface area contributed by atoms with Gasteiger partial charge in [-0.15, -0.1) is 0 Å². The number of nitrogens with one attached hydrogen (secondary N) is 2. The Balaban J connectivity index is 1.83. The monoisotopic (exact) mass is 320 g/mol. The number of carbonyl (C=O) groups excluding carboxylic acids is 1. The Bertz CT molecular complexity index is 815. The molecule has 5 nitrogen and oxygen atoms in total. The van der Waals surface area contributed by atoms with Crippen molar-refractivity contribution in [2.75, 3.05) is 0 Å². The summed E-state index contributed by atoms with van der Waals surface area (Å²) in [7, 11) is 1.81. The number of aryl methyl sites for hydroxylation is 1. The van der Waals surface area contributed by atoms with Crippen LogP contribution in [0.4, 0.5) is 4.39 Å². The van der Waals surface area contributed by atoms with Gasteiger partial charge in [0.2, 0.25) is 0 Å². The molecule has 0 spiro atoms. The fourth-order valence-corrected chi connectivity index (χ4v) is 2.44. The molecule has 0 saturated carbocycles. The van der Waals surface area contributed by atoms with Crippen LogP contribution in [0.1, 0.15) is 29.0 Å². The van der Waals surface area contributed by atoms with Crippen molar-refractivity contribution in [3.8, 4) is 0 Å². The maximum absolute atomic E-state index is 13.4. The van der Waals surface area contributed by atoms with E-state index in [0.717, 1.165) is 5.56 Å². The molecule has 114 valence electrons. The Hall–Kier alpha value is -2.34. The van der Waals surface area contributed by atoms with Gasteiger partial charge in [0, 0.05) is 29.7 Å². The minimum Gasteiger partial charge on any atom is -0.350 e. The quantitative estimate of drug-likeness (QED) is 0.778. The average Bonchev–Trinajstić information content (AvgIpc) is 3.05. The van der Waals surface area contributed by atoms with Crippen LogP contribution in [0.25, 0.3) is 10.9 Å². The van der Waals surface area contributed by atoms with Crippen molar-refractivity contribution in [2.45, 2.75) is 13.0 Å². The van der Waals surface area contributed by atoms with E-state index in [4.69, 9.17) is 11.6 Å². The van der Waals surface area contributed by atoms with E-state index < -0.39 is 5.82 Å². The van der Waals surface area contributed by atoms with Crippen LogP contribution in [0.2, 0.25) is 5.02 Å². The molecule has 7 heteroatoms. The van der Waals surface area contributed by atoms with Gasteiger partial charge < -0.3 is 10.3 Å². The molecular weight excluding hydrogens is 307 g/mol. The minimum atomic E-state index is -0.522. The van der Waals surface area contributed by atoms with Crippen LogP contribution < -0.4 is 5.32 Å². The first kappa shape index (κ1) is 14.6. The predicted molar refractivity (Wildman–Crippen MR) is 82.4 cm³/mol. The van der Waals surface area contributed by atoms with E-state index in [1.807, 2.05) is 20.2 Å². The minimum absolute atomic E-state index is 0.0298. The molecule has 0 saturated heterocycles. The first-order valence-electron chi connectivity index (χ1n) is 6.71. The number of aromatic nitrogens is 3. The van der Waals surface area contributed by atoms with E-state index in [0.29, 0.717) is 16.6 Å². The van der Waals surface area contributed by atoms with E-state index in [9.17, 15) is 9.18 Å². The zero-order valence-electron chi connectivity index (χ0n) is 12.0. The Morgan fingerprint density at radius 3 is 2.91 bits per heavy atom. The van der Waals surface area contributed by atoms with Gasteiger partial charge in [0.15, 0.2) is 0 Å². The Morgan fingerprint density at radius 1 is 1.45 bits per heavy atom. The normalized spacial score (nSPS) is 12.5. The van der Waals surface area contributed by atoms with Gasteiger partial charge in [0.25, 0.3) is 5.91 Å². The number of H-pyrrole nitrogens is 1. The molecule has 0 aliphatic rings. The summed E-state index contributed by atoms with van der Waals surface area (Å²) in [6, 6.07) is 4.22. The maximum Gasteiger partial charge on any atom is 0.268 e. The SMILES string of the molecule is CC(NC(=O)c1cc2cc(Cl)c(F)cc2[nH]1)c1cnn(C)c1. The first-order chi connectivity index (χ1) is 10.4. The highest BCUT2D eigenvalue weighted by atomic mass is 35.5. The van der Waals surface area contributed by atoms with Crippen molar-refractivity contribution >= 4 is 28.4 Å². The molecule has 0 fully saturated rings. The van der Waals surface area contributed by atoms with Crippen LogP contribution >= 0.6 is 11.6 Å². The Kier molecular flexibility index (Phi) is 3.62. The number of benzene rings is 1. The van der Waals surface area contributed by atoms with E-state index in [1.165, 1.54) is 12.1 Å². The third kappa shape index (κ3) is 2.69. The summed E-state index contributed by atoms with van der Waals surface area (Å²) >= 11 is 5.74. The molecule has 3 aromatic rings. The number of nitrogens with zero attached hydrogens (tertiary/aromatic N) is 2. The molecule has 2 aromatic heterocycles. The number of halogens is 2.